The summed E-state index contributed by atoms with van der Waals surface area (Å²) < 4.78 is 13.4. The third-order valence-electron chi connectivity index (χ3n) is 6.53. The van der Waals surface area contributed by atoms with Gasteiger partial charge < -0.3 is 9.15 Å². The predicted octanol–water partition coefficient (Wildman–Crippen LogP) is 6.49. The Hall–Kier alpha value is -3.39. The number of fused-ring (bicyclic) bond motifs is 1. The third-order valence-corrected chi connectivity index (χ3v) is 8.06. The summed E-state index contributed by atoms with van der Waals surface area (Å²) in [6, 6.07) is 16.1. The van der Waals surface area contributed by atoms with Crippen LogP contribution < -0.4 is 14.9 Å². The van der Waals surface area contributed by atoms with Crippen LogP contribution in [0.15, 0.2) is 80.1 Å². The van der Waals surface area contributed by atoms with E-state index in [9.17, 15) is 9.59 Å². The molecule has 2 aromatic heterocycles. The molecule has 6 nitrogen and oxygen atoms in total. The number of ether oxygens (including phenoxy) is 1. The summed E-state index contributed by atoms with van der Waals surface area (Å²) in [6.07, 6.45) is 1.68. The summed E-state index contributed by atoms with van der Waals surface area (Å²) in [7, 11) is 0. The van der Waals surface area contributed by atoms with Gasteiger partial charge in [-0.05, 0) is 61.2 Å². The maximum absolute atomic E-state index is 13.8. The van der Waals surface area contributed by atoms with Gasteiger partial charge in [-0.3, -0.25) is 9.36 Å². The van der Waals surface area contributed by atoms with Crippen molar-refractivity contribution in [1.82, 2.24) is 4.57 Å². The minimum atomic E-state index is -0.663. The van der Waals surface area contributed by atoms with E-state index >= 15 is 0 Å². The zero-order valence-corrected chi connectivity index (χ0v) is 24.2. The van der Waals surface area contributed by atoms with E-state index < -0.39 is 12.0 Å². The van der Waals surface area contributed by atoms with Gasteiger partial charge in [-0.1, -0.05) is 72.7 Å². The Kier molecular flexibility index (Phi) is 7.67. The van der Waals surface area contributed by atoms with Gasteiger partial charge in [0.15, 0.2) is 4.80 Å². The summed E-state index contributed by atoms with van der Waals surface area (Å²) in [5.41, 5.74) is 3.28. The van der Waals surface area contributed by atoms with Crippen molar-refractivity contribution in [2.45, 2.75) is 39.7 Å². The largest absolute Gasteiger partial charge is 0.463 e. The lowest BCUT2D eigenvalue weighted by atomic mass is 9.93. The molecule has 0 saturated heterocycles. The molecule has 0 spiro atoms. The number of thiazole rings is 1. The number of esters is 1. The standard InChI is InChI=1S/C30H26Cl2N2O4S/c1-5-37-29(36)26-17(4)33-30-34(27(26)19-8-6-18(7-9-19)16(2)3)28(35)25(39-30)15-21-11-13-24(38-21)22-12-10-20(31)14-23(22)32/h6-16,27H,5H2,1-4H3/b25-15-/t27-/m1/s1. The maximum Gasteiger partial charge on any atom is 0.338 e. The molecule has 1 atom stereocenters. The van der Waals surface area contributed by atoms with E-state index in [0.717, 1.165) is 5.56 Å². The summed E-state index contributed by atoms with van der Waals surface area (Å²) in [5, 5.41) is 0.996. The van der Waals surface area contributed by atoms with Crippen LogP contribution in [0.2, 0.25) is 10.0 Å². The molecule has 5 rings (SSSR count). The van der Waals surface area contributed by atoms with Crippen molar-refractivity contribution in [1.29, 1.82) is 0 Å². The summed E-state index contributed by atoms with van der Waals surface area (Å²) >= 11 is 13.6. The molecule has 1 aliphatic rings. The lowest BCUT2D eigenvalue weighted by Crippen LogP contribution is -2.39. The molecule has 1 aliphatic heterocycles. The number of benzene rings is 2. The molecule has 9 heteroatoms. The van der Waals surface area contributed by atoms with E-state index in [0.29, 0.717) is 53.7 Å². The van der Waals surface area contributed by atoms with Crippen LogP contribution in [-0.2, 0) is 9.53 Å². The number of furan rings is 1. The average molecular weight is 582 g/mol. The molecular formula is C30H26Cl2N2O4S. The maximum atomic E-state index is 13.8. The monoisotopic (exact) mass is 580 g/mol. The first-order valence-electron chi connectivity index (χ1n) is 12.5. The highest BCUT2D eigenvalue weighted by Crippen LogP contribution is 2.33. The number of allylic oxidation sites excluding steroid dienone is 1. The van der Waals surface area contributed by atoms with E-state index in [-0.39, 0.29) is 12.2 Å². The zero-order chi connectivity index (χ0) is 27.8. The summed E-state index contributed by atoms with van der Waals surface area (Å²) in [6.45, 7) is 7.98. The van der Waals surface area contributed by atoms with Crippen molar-refractivity contribution in [2.24, 2.45) is 4.99 Å². The third kappa shape index (κ3) is 5.26. The zero-order valence-electron chi connectivity index (χ0n) is 21.8. The number of carbonyl (C=O) groups excluding carboxylic acids is 1. The van der Waals surface area contributed by atoms with E-state index in [1.165, 1.54) is 16.9 Å². The molecule has 0 amide bonds. The van der Waals surface area contributed by atoms with Crippen LogP contribution in [0.1, 0.15) is 56.5 Å². The Morgan fingerprint density at radius 2 is 1.90 bits per heavy atom. The van der Waals surface area contributed by atoms with E-state index in [2.05, 4.69) is 18.8 Å². The highest BCUT2D eigenvalue weighted by molar-refractivity contribution is 7.07. The summed E-state index contributed by atoms with van der Waals surface area (Å²) in [4.78, 5) is 32.0. The topological polar surface area (TPSA) is 73.8 Å². The SMILES string of the molecule is CCOC(=O)C1=C(C)N=c2s/c(=C\c3ccc(-c4ccc(Cl)cc4Cl)o3)c(=O)n2[C@@H]1c1ccc(C(C)C)cc1. The lowest BCUT2D eigenvalue weighted by molar-refractivity contribution is -0.139. The van der Waals surface area contributed by atoms with Gasteiger partial charge in [-0.25, -0.2) is 9.79 Å². The van der Waals surface area contributed by atoms with Crippen molar-refractivity contribution in [2.75, 3.05) is 6.61 Å². The van der Waals surface area contributed by atoms with Gasteiger partial charge in [0.25, 0.3) is 5.56 Å². The highest BCUT2D eigenvalue weighted by Gasteiger charge is 2.33. The first kappa shape index (κ1) is 27.2. The molecule has 39 heavy (non-hydrogen) atoms. The van der Waals surface area contributed by atoms with Crippen molar-refractivity contribution in [3.63, 3.8) is 0 Å². The van der Waals surface area contributed by atoms with Crippen LogP contribution in [0, 0.1) is 0 Å². The molecule has 3 heterocycles. The van der Waals surface area contributed by atoms with Gasteiger partial charge in [0, 0.05) is 16.7 Å². The van der Waals surface area contributed by atoms with Crippen molar-refractivity contribution in [3.8, 4) is 11.3 Å². The Morgan fingerprint density at radius 3 is 2.56 bits per heavy atom. The van der Waals surface area contributed by atoms with Crippen molar-refractivity contribution in [3.05, 3.63) is 112 Å². The highest BCUT2D eigenvalue weighted by atomic mass is 35.5. The molecule has 0 N–H and O–H groups in total. The van der Waals surface area contributed by atoms with Gasteiger partial charge in [0.1, 0.15) is 11.5 Å². The second-order valence-corrected chi connectivity index (χ2v) is 11.3. The first-order chi connectivity index (χ1) is 18.7. The van der Waals surface area contributed by atoms with Gasteiger partial charge in [-0.15, -0.1) is 0 Å². The molecule has 0 unspecified atom stereocenters. The second-order valence-electron chi connectivity index (χ2n) is 9.45. The fraction of sp³-hybridized carbons (Fsp3) is 0.233. The normalized spacial score (nSPS) is 15.5. The molecular weight excluding hydrogens is 555 g/mol. The molecule has 0 aliphatic carbocycles. The molecule has 0 radical (unpaired) electrons. The minimum absolute atomic E-state index is 0.220. The Bertz CT molecular complexity index is 1780. The van der Waals surface area contributed by atoms with E-state index in [1.54, 1.807) is 54.8 Å². The smallest absolute Gasteiger partial charge is 0.338 e. The Morgan fingerprint density at radius 1 is 1.15 bits per heavy atom. The Balaban J connectivity index is 1.63. The van der Waals surface area contributed by atoms with E-state index in [4.69, 9.17) is 32.4 Å². The van der Waals surface area contributed by atoms with Gasteiger partial charge in [-0.2, -0.15) is 0 Å². The Labute approximate surface area is 239 Å². The van der Waals surface area contributed by atoms with Crippen LogP contribution in [0.4, 0.5) is 0 Å². The number of hydrogen-bond acceptors (Lipinski definition) is 6. The fourth-order valence-corrected chi connectivity index (χ4v) is 6.09. The lowest BCUT2D eigenvalue weighted by Gasteiger charge is -2.25. The number of nitrogens with zero attached hydrogens (tertiary/aromatic N) is 2. The average Bonchev–Trinajstić information content (AvgIpc) is 3.47. The quantitative estimate of drug-likeness (QED) is 0.244. The van der Waals surface area contributed by atoms with Crippen LogP contribution in [0.25, 0.3) is 17.4 Å². The van der Waals surface area contributed by atoms with Crippen molar-refractivity contribution < 1.29 is 13.9 Å². The summed E-state index contributed by atoms with van der Waals surface area (Å²) in [5.74, 6) is 0.907. The van der Waals surface area contributed by atoms with Crippen LogP contribution >= 0.6 is 34.5 Å². The molecule has 0 bridgehead atoms. The molecule has 200 valence electrons. The minimum Gasteiger partial charge on any atom is -0.463 e. The van der Waals surface area contributed by atoms with E-state index in [1.807, 2.05) is 24.3 Å². The first-order valence-corrected chi connectivity index (χ1v) is 14.1. The molecule has 4 aromatic rings. The molecule has 0 fully saturated rings. The number of halogens is 2. The van der Waals surface area contributed by atoms with Crippen LogP contribution in [0.3, 0.4) is 0 Å². The predicted molar refractivity (Wildman–Crippen MR) is 155 cm³/mol. The van der Waals surface area contributed by atoms with Crippen LogP contribution in [-0.4, -0.2) is 17.1 Å². The molecule has 2 aromatic carbocycles. The van der Waals surface area contributed by atoms with Gasteiger partial charge in [0.05, 0.1) is 33.5 Å². The second kappa shape index (κ2) is 11.0. The van der Waals surface area contributed by atoms with Crippen LogP contribution in [0.5, 0.6) is 0 Å². The van der Waals surface area contributed by atoms with Gasteiger partial charge in [0.2, 0.25) is 0 Å². The number of aromatic nitrogens is 1. The number of hydrogen-bond donors (Lipinski definition) is 0. The fourth-order valence-electron chi connectivity index (χ4n) is 4.56. The van der Waals surface area contributed by atoms with Crippen molar-refractivity contribution >= 4 is 46.6 Å². The van der Waals surface area contributed by atoms with Gasteiger partial charge >= 0.3 is 5.97 Å². The molecule has 0 saturated carbocycles. The number of rotatable bonds is 6. The number of carbonyl (C=O) groups is 1.